The van der Waals surface area contributed by atoms with E-state index in [0.717, 1.165) is 5.56 Å². The third-order valence-electron chi connectivity index (χ3n) is 5.38. The van der Waals surface area contributed by atoms with E-state index in [1.54, 1.807) is 35.2 Å². The topological polar surface area (TPSA) is 112 Å². The monoisotopic (exact) mass is 484 g/mol. The van der Waals surface area contributed by atoms with Crippen LogP contribution in [0.5, 0.6) is 0 Å². The number of aromatic nitrogens is 1. The molecule has 10 heteroatoms. The number of carboxylic acids is 1. The van der Waals surface area contributed by atoms with E-state index in [0.29, 0.717) is 44.9 Å². The summed E-state index contributed by atoms with van der Waals surface area (Å²) in [5.41, 5.74) is 2.51. The highest BCUT2D eigenvalue weighted by atomic mass is 35.5. The second-order valence-electron chi connectivity index (χ2n) is 7.70. The van der Waals surface area contributed by atoms with E-state index in [9.17, 15) is 14.4 Å². The maximum Gasteiger partial charge on any atom is 0.308 e. The number of carboxylic acid groups (broad SMARTS) is 1. The molecule has 8 nitrogen and oxygen atoms in total. The first-order chi connectivity index (χ1) is 15.8. The summed E-state index contributed by atoms with van der Waals surface area (Å²) in [6, 6.07) is 12.3. The number of hydrogen-bond donors (Lipinski definition) is 3. The Hall–Kier alpha value is -3.43. The molecule has 0 spiro atoms. The van der Waals surface area contributed by atoms with Crippen LogP contribution in [0.1, 0.15) is 32.0 Å². The molecule has 1 aliphatic rings. The van der Waals surface area contributed by atoms with Crippen molar-refractivity contribution < 1.29 is 19.5 Å². The molecule has 4 rings (SSSR count). The van der Waals surface area contributed by atoms with Gasteiger partial charge in [-0.2, -0.15) is 0 Å². The van der Waals surface area contributed by atoms with E-state index in [2.05, 4.69) is 15.6 Å². The fourth-order valence-electron chi connectivity index (χ4n) is 3.58. The van der Waals surface area contributed by atoms with Crippen LogP contribution in [-0.4, -0.2) is 45.9 Å². The van der Waals surface area contributed by atoms with Crippen LogP contribution >= 0.6 is 22.9 Å². The summed E-state index contributed by atoms with van der Waals surface area (Å²) in [5, 5.41) is 16.0. The number of nitrogens with zero attached hydrogens (tertiary/aromatic N) is 2. The highest BCUT2D eigenvalue weighted by Gasteiger charge is 2.31. The van der Waals surface area contributed by atoms with E-state index in [-0.39, 0.29) is 18.4 Å². The van der Waals surface area contributed by atoms with Crippen LogP contribution < -0.4 is 10.6 Å². The minimum atomic E-state index is -0.881. The quantitative estimate of drug-likeness (QED) is 0.469. The van der Waals surface area contributed by atoms with Gasteiger partial charge in [-0.25, -0.2) is 4.98 Å². The van der Waals surface area contributed by atoms with Gasteiger partial charge in [0.15, 0.2) is 5.13 Å². The molecule has 3 N–H and O–H groups in total. The van der Waals surface area contributed by atoms with Gasteiger partial charge in [-0.1, -0.05) is 41.1 Å². The molecule has 1 atom stereocenters. The van der Waals surface area contributed by atoms with Gasteiger partial charge < -0.3 is 20.6 Å². The van der Waals surface area contributed by atoms with Crippen molar-refractivity contribution in [1.82, 2.24) is 9.88 Å². The van der Waals surface area contributed by atoms with Gasteiger partial charge in [0.25, 0.3) is 11.8 Å². The minimum Gasteiger partial charge on any atom is -0.481 e. The van der Waals surface area contributed by atoms with Crippen molar-refractivity contribution in [2.24, 2.45) is 5.92 Å². The van der Waals surface area contributed by atoms with Crippen molar-refractivity contribution >= 4 is 57.2 Å². The van der Waals surface area contributed by atoms with Crippen LogP contribution in [0, 0.1) is 12.8 Å². The summed E-state index contributed by atoms with van der Waals surface area (Å²) in [5.74, 6) is -1.93. The lowest BCUT2D eigenvalue weighted by molar-refractivity contribution is -0.141. The third kappa shape index (κ3) is 5.15. The Morgan fingerprint density at radius 2 is 2.00 bits per heavy atom. The SMILES string of the molecule is Cc1cccc(Cl)c1NC(=O)c1cnc(Nc2cccc(C(=O)N3CC[C@H](C(=O)O)C3)c2)s1. The number of aliphatic carboxylic acids is 1. The maximum absolute atomic E-state index is 12.8. The van der Waals surface area contributed by atoms with Gasteiger partial charge in [0, 0.05) is 24.3 Å². The van der Waals surface area contributed by atoms with E-state index < -0.39 is 11.9 Å². The molecule has 0 unspecified atom stereocenters. The third-order valence-corrected chi connectivity index (χ3v) is 6.60. The largest absolute Gasteiger partial charge is 0.481 e. The predicted octanol–water partition coefficient (Wildman–Crippen LogP) is 4.65. The van der Waals surface area contributed by atoms with Crippen molar-refractivity contribution in [3.05, 3.63) is 69.7 Å². The zero-order valence-electron chi connectivity index (χ0n) is 17.7. The van der Waals surface area contributed by atoms with Crippen LogP contribution in [-0.2, 0) is 4.79 Å². The van der Waals surface area contributed by atoms with Gasteiger partial charge >= 0.3 is 5.97 Å². The molecular formula is C23H21ClN4O4S. The Bertz CT molecular complexity index is 1210. The molecule has 2 aromatic carbocycles. The summed E-state index contributed by atoms with van der Waals surface area (Å²) in [6.45, 7) is 2.49. The lowest BCUT2D eigenvalue weighted by atomic mass is 10.1. The Balaban J connectivity index is 1.43. The average molecular weight is 485 g/mol. The number of thiazole rings is 1. The smallest absolute Gasteiger partial charge is 0.308 e. The van der Waals surface area contributed by atoms with Gasteiger partial charge in [0.05, 0.1) is 22.8 Å². The fourth-order valence-corrected chi connectivity index (χ4v) is 4.59. The molecule has 33 heavy (non-hydrogen) atoms. The maximum atomic E-state index is 12.8. The molecule has 0 bridgehead atoms. The van der Waals surface area contributed by atoms with Gasteiger partial charge in [-0.15, -0.1) is 0 Å². The lowest BCUT2D eigenvalue weighted by Crippen LogP contribution is -2.29. The van der Waals surface area contributed by atoms with E-state index in [4.69, 9.17) is 16.7 Å². The lowest BCUT2D eigenvalue weighted by Gasteiger charge is -2.16. The summed E-state index contributed by atoms with van der Waals surface area (Å²) in [7, 11) is 0. The number of halogens is 1. The highest BCUT2D eigenvalue weighted by Crippen LogP contribution is 2.28. The number of amides is 2. The van der Waals surface area contributed by atoms with Gasteiger partial charge in [-0.05, 0) is 43.2 Å². The van der Waals surface area contributed by atoms with Crippen molar-refractivity contribution in [3.8, 4) is 0 Å². The number of rotatable bonds is 6. The number of aryl methyl sites for hydroxylation is 1. The number of para-hydroxylation sites is 1. The molecule has 2 heterocycles. The Labute approximate surface area is 199 Å². The second kappa shape index (κ2) is 9.60. The molecule has 2 amide bonds. The Morgan fingerprint density at radius 3 is 2.73 bits per heavy atom. The highest BCUT2D eigenvalue weighted by molar-refractivity contribution is 7.17. The predicted molar refractivity (Wildman–Crippen MR) is 128 cm³/mol. The van der Waals surface area contributed by atoms with Gasteiger partial charge in [-0.3, -0.25) is 14.4 Å². The molecule has 1 aromatic heterocycles. The van der Waals surface area contributed by atoms with Crippen LogP contribution in [0.4, 0.5) is 16.5 Å². The molecular weight excluding hydrogens is 464 g/mol. The average Bonchev–Trinajstić information content (AvgIpc) is 3.46. The Kier molecular flexibility index (Phi) is 6.62. The van der Waals surface area contributed by atoms with E-state index >= 15 is 0 Å². The van der Waals surface area contributed by atoms with Crippen molar-refractivity contribution in [2.45, 2.75) is 13.3 Å². The Morgan fingerprint density at radius 1 is 1.21 bits per heavy atom. The summed E-state index contributed by atoms with van der Waals surface area (Å²) in [4.78, 5) is 42.8. The van der Waals surface area contributed by atoms with Crippen molar-refractivity contribution in [2.75, 3.05) is 23.7 Å². The normalized spacial score (nSPS) is 15.3. The summed E-state index contributed by atoms with van der Waals surface area (Å²) >= 11 is 7.36. The number of likely N-dealkylation sites (tertiary alicyclic amines) is 1. The molecule has 1 saturated heterocycles. The van der Waals surface area contributed by atoms with Gasteiger partial charge in [0.1, 0.15) is 4.88 Å². The van der Waals surface area contributed by atoms with E-state index in [1.807, 2.05) is 19.1 Å². The molecule has 3 aromatic rings. The zero-order valence-corrected chi connectivity index (χ0v) is 19.2. The molecule has 0 aliphatic carbocycles. The van der Waals surface area contributed by atoms with Crippen molar-refractivity contribution in [1.29, 1.82) is 0 Å². The fraction of sp³-hybridized carbons (Fsp3) is 0.217. The van der Waals surface area contributed by atoms with Crippen LogP contribution in [0.15, 0.2) is 48.7 Å². The molecule has 1 aliphatic heterocycles. The van der Waals surface area contributed by atoms with Crippen LogP contribution in [0.3, 0.4) is 0 Å². The first-order valence-electron chi connectivity index (χ1n) is 10.2. The van der Waals surface area contributed by atoms with Crippen molar-refractivity contribution in [3.63, 3.8) is 0 Å². The summed E-state index contributed by atoms with van der Waals surface area (Å²) in [6.07, 6.45) is 1.93. The number of benzene rings is 2. The number of nitrogens with one attached hydrogen (secondary N) is 2. The van der Waals surface area contributed by atoms with Crippen LogP contribution in [0.25, 0.3) is 0 Å². The van der Waals surface area contributed by atoms with Gasteiger partial charge in [0.2, 0.25) is 0 Å². The first-order valence-corrected chi connectivity index (χ1v) is 11.4. The molecule has 0 radical (unpaired) electrons. The number of anilines is 3. The first kappa shape index (κ1) is 22.8. The standard InChI is InChI=1S/C23H21ClN4O4S/c1-13-4-2-7-17(24)19(13)27-20(29)18-11-25-23(33-18)26-16-6-3-5-14(10-16)21(30)28-9-8-15(12-28)22(31)32/h2-7,10-11,15H,8-9,12H2,1H3,(H,25,26)(H,27,29)(H,31,32)/t15-/m0/s1. The van der Waals surface area contributed by atoms with Crippen LogP contribution in [0.2, 0.25) is 5.02 Å². The second-order valence-corrected chi connectivity index (χ2v) is 9.13. The van der Waals surface area contributed by atoms with E-state index in [1.165, 1.54) is 17.5 Å². The molecule has 1 fully saturated rings. The number of hydrogen-bond acceptors (Lipinski definition) is 6. The molecule has 170 valence electrons. The summed E-state index contributed by atoms with van der Waals surface area (Å²) < 4.78 is 0. The minimum absolute atomic E-state index is 0.210. The zero-order chi connectivity index (χ0) is 23.5. The number of carbonyl (C=O) groups excluding carboxylic acids is 2. The number of carbonyl (C=O) groups is 3. The molecule has 0 saturated carbocycles.